The summed E-state index contributed by atoms with van der Waals surface area (Å²) in [5.41, 5.74) is 0. The van der Waals surface area contributed by atoms with Crippen molar-refractivity contribution in [1.82, 2.24) is 0 Å². The Morgan fingerprint density at radius 1 is 1.00 bits per heavy atom. The molecule has 0 rings (SSSR count). The van der Waals surface area contributed by atoms with Gasteiger partial charge in [0.2, 0.25) is 0 Å². The number of unbranched alkanes of at least 4 members (excludes halogenated alkanes) is 2. The highest BCUT2D eigenvalue weighted by Gasteiger charge is 2.03. The number of hydrogen-bond donors (Lipinski definition) is 0. The average Bonchev–Trinajstić information content (AvgIpc) is 2.16. The molecule has 0 atom stereocenters. The lowest BCUT2D eigenvalue weighted by atomic mass is 10.0. The minimum Gasteiger partial charge on any atom is -0.299 e. The molecule has 0 radical (unpaired) electrons. The number of Topliss-reactive ketones (excluding diaryl/α,β-unsaturated/α-hetero) is 1. The molecule has 0 spiro atoms. The van der Waals surface area contributed by atoms with E-state index in [4.69, 9.17) is 0 Å². The third-order valence-corrected chi connectivity index (χ3v) is 3.88. The van der Waals surface area contributed by atoms with E-state index in [1.54, 1.807) is 11.8 Å². The van der Waals surface area contributed by atoms with Crippen molar-refractivity contribution >= 4 is 17.5 Å². The minimum absolute atomic E-state index is 0.440. The topological polar surface area (TPSA) is 17.1 Å². The Bertz CT molecular complexity index is 176. The van der Waals surface area contributed by atoms with Crippen molar-refractivity contribution in [2.45, 2.75) is 59.8 Å². The van der Waals surface area contributed by atoms with E-state index in [9.17, 15) is 4.79 Å². The molecule has 96 valence electrons. The third kappa shape index (κ3) is 12.1. The summed E-state index contributed by atoms with van der Waals surface area (Å²) >= 11 is 1.79. The van der Waals surface area contributed by atoms with Crippen molar-refractivity contribution in [3.8, 4) is 0 Å². The van der Waals surface area contributed by atoms with Gasteiger partial charge in [-0.2, -0.15) is 11.8 Å². The van der Waals surface area contributed by atoms with Gasteiger partial charge in [-0.1, -0.05) is 47.0 Å². The number of ketones is 1. The van der Waals surface area contributed by atoms with Crippen LogP contribution in [0.15, 0.2) is 0 Å². The van der Waals surface area contributed by atoms with Crippen molar-refractivity contribution in [2.24, 2.45) is 11.8 Å². The van der Waals surface area contributed by atoms with Crippen LogP contribution in [0.2, 0.25) is 0 Å². The number of carbonyl (C=O) groups excluding carboxylic acids is 1. The van der Waals surface area contributed by atoms with Crippen molar-refractivity contribution in [1.29, 1.82) is 0 Å². The van der Waals surface area contributed by atoms with Gasteiger partial charge in [-0.25, -0.2) is 0 Å². The zero-order valence-corrected chi connectivity index (χ0v) is 12.2. The Labute approximate surface area is 106 Å². The van der Waals surface area contributed by atoms with E-state index in [0.29, 0.717) is 11.7 Å². The molecule has 0 saturated heterocycles. The highest BCUT2D eigenvalue weighted by Crippen LogP contribution is 2.12. The molecule has 0 aliphatic rings. The van der Waals surface area contributed by atoms with Crippen LogP contribution in [0.1, 0.15) is 59.8 Å². The summed E-state index contributed by atoms with van der Waals surface area (Å²) in [6.07, 6.45) is 5.69. The van der Waals surface area contributed by atoms with Crippen LogP contribution < -0.4 is 0 Å². The van der Waals surface area contributed by atoms with Gasteiger partial charge in [-0.3, -0.25) is 4.79 Å². The van der Waals surface area contributed by atoms with Crippen LogP contribution in [0, 0.1) is 11.8 Å². The van der Waals surface area contributed by atoms with E-state index in [1.165, 1.54) is 19.3 Å². The first-order chi connectivity index (χ1) is 7.52. The van der Waals surface area contributed by atoms with Crippen molar-refractivity contribution < 1.29 is 4.79 Å². The van der Waals surface area contributed by atoms with Crippen LogP contribution in [0.5, 0.6) is 0 Å². The van der Waals surface area contributed by atoms with Crippen LogP contribution in [-0.4, -0.2) is 17.3 Å². The van der Waals surface area contributed by atoms with Gasteiger partial charge in [0.05, 0.1) is 5.75 Å². The number of thioether (sulfide) groups is 1. The molecule has 0 heterocycles. The monoisotopic (exact) mass is 244 g/mol. The minimum atomic E-state index is 0.440. The summed E-state index contributed by atoms with van der Waals surface area (Å²) in [6, 6.07) is 0. The number of rotatable bonds is 10. The molecule has 0 unspecified atom stereocenters. The van der Waals surface area contributed by atoms with Crippen LogP contribution in [0.25, 0.3) is 0 Å². The SMILES string of the molecule is CC(C)CCCCCC(=O)CSCC(C)C. The second-order valence-corrected chi connectivity index (χ2v) is 6.47. The second-order valence-electron chi connectivity index (χ2n) is 5.44. The molecule has 0 N–H and O–H groups in total. The van der Waals surface area contributed by atoms with Gasteiger partial charge in [-0.15, -0.1) is 0 Å². The summed E-state index contributed by atoms with van der Waals surface area (Å²) in [7, 11) is 0. The molecule has 0 saturated carbocycles. The lowest BCUT2D eigenvalue weighted by Gasteiger charge is -2.05. The molecular weight excluding hydrogens is 216 g/mol. The molecule has 0 fully saturated rings. The second kappa shape index (κ2) is 10.2. The highest BCUT2D eigenvalue weighted by atomic mass is 32.2. The number of hydrogen-bond acceptors (Lipinski definition) is 2. The smallest absolute Gasteiger partial charge is 0.142 e. The van der Waals surface area contributed by atoms with E-state index in [-0.39, 0.29) is 0 Å². The summed E-state index contributed by atoms with van der Waals surface area (Å²) in [5, 5.41) is 0. The van der Waals surface area contributed by atoms with Crippen molar-refractivity contribution in [3.63, 3.8) is 0 Å². The molecular formula is C14H28OS. The van der Waals surface area contributed by atoms with Crippen molar-refractivity contribution in [3.05, 3.63) is 0 Å². The lowest BCUT2D eigenvalue weighted by Crippen LogP contribution is -2.03. The quantitative estimate of drug-likeness (QED) is 0.524. The Kier molecular flexibility index (Phi) is 10.2. The summed E-state index contributed by atoms with van der Waals surface area (Å²) < 4.78 is 0. The molecule has 0 aromatic carbocycles. The van der Waals surface area contributed by atoms with Crippen LogP contribution in [0.4, 0.5) is 0 Å². The van der Waals surface area contributed by atoms with Gasteiger partial charge in [0, 0.05) is 6.42 Å². The Balaban J connectivity index is 3.24. The van der Waals surface area contributed by atoms with Gasteiger partial charge < -0.3 is 0 Å². The predicted octanol–water partition coefficient (Wildman–Crippen LogP) is 4.55. The first kappa shape index (κ1) is 16.0. The van der Waals surface area contributed by atoms with Gasteiger partial charge >= 0.3 is 0 Å². The third-order valence-electron chi connectivity index (χ3n) is 2.45. The van der Waals surface area contributed by atoms with Crippen LogP contribution in [0.3, 0.4) is 0 Å². The molecule has 0 bridgehead atoms. The maximum atomic E-state index is 11.5. The van der Waals surface area contributed by atoms with Gasteiger partial charge in [-0.05, 0) is 24.0 Å². The van der Waals surface area contributed by atoms with E-state index in [0.717, 1.165) is 30.3 Å². The van der Waals surface area contributed by atoms with Crippen LogP contribution in [-0.2, 0) is 4.79 Å². The molecule has 2 heteroatoms. The van der Waals surface area contributed by atoms with E-state index >= 15 is 0 Å². The fourth-order valence-corrected chi connectivity index (χ4v) is 2.49. The summed E-state index contributed by atoms with van der Waals surface area (Å²) in [4.78, 5) is 11.5. The molecule has 0 aliphatic heterocycles. The fourth-order valence-electron chi connectivity index (χ4n) is 1.53. The lowest BCUT2D eigenvalue weighted by molar-refractivity contribution is -0.116. The molecule has 0 aliphatic carbocycles. The summed E-state index contributed by atoms with van der Waals surface area (Å²) in [6.45, 7) is 8.91. The van der Waals surface area contributed by atoms with Crippen LogP contribution >= 0.6 is 11.8 Å². The predicted molar refractivity (Wildman–Crippen MR) is 75.1 cm³/mol. The van der Waals surface area contributed by atoms with E-state index in [1.807, 2.05) is 0 Å². The molecule has 16 heavy (non-hydrogen) atoms. The summed E-state index contributed by atoms with van der Waals surface area (Å²) in [5.74, 6) is 3.78. The zero-order chi connectivity index (χ0) is 12.4. The van der Waals surface area contributed by atoms with E-state index < -0.39 is 0 Å². The first-order valence-corrected chi connectivity index (χ1v) is 7.77. The van der Waals surface area contributed by atoms with Gasteiger partial charge in [0.1, 0.15) is 5.78 Å². The largest absolute Gasteiger partial charge is 0.299 e. The maximum absolute atomic E-state index is 11.5. The van der Waals surface area contributed by atoms with Crippen molar-refractivity contribution in [2.75, 3.05) is 11.5 Å². The number of carbonyl (C=O) groups is 1. The highest BCUT2D eigenvalue weighted by molar-refractivity contribution is 7.99. The first-order valence-electron chi connectivity index (χ1n) is 6.61. The van der Waals surface area contributed by atoms with Gasteiger partial charge in [0.15, 0.2) is 0 Å². The average molecular weight is 244 g/mol. The Hall–Kier alpha value is 0.0200. The molecule has 0 amide bonds. The zero-order valence-electron chi connectivity index (χ0n) is 11.4. The van der Waals surface area contributed by atoms with E-state index in [2.05, 4.69) is 27.7 Å². The fraction of sp³-hybridized carbons (Fsp3) is 0.929. The molecule has 1 nitrogen and oxygen atoms in total. The molecule has 0 aromatic rings. The Morgan fingerprint density at radius 3 is 2.25 bits per heavy atom. The normalized spacial score (nSPS) is 11.4. The maximum Gasteiger partial charge on any atom is 0.142 e. The Morgan fingerprint density at radius 2 is 1.69 bits per heavy atom. The standard InChI is InChI=1S/C14H28OS/c1-12(2)8-6-5-7-9-14(15)11-16-10-13(3)4/h12-13H,5-11H2,1-4H3. The molecule has 0 aromatic heterocycles. The van der Waals surface area contributed by atoms with Gasteiger partial charge in [0.25, 0.3) is 0 Å².